The summed E-state index contributed by atoms with van der Waals surface area (Å²) in [5, 5.41) is 11.5. The fourth-order valence-corrected chi connectivity index (χ4v) is 2.43. The van der Waals surface area contributed by atoms with E-state index >= 15 is 0 Å². The van der Waals surface area contributed by atoms with E-state index in [1.807, 2.05) is 13.0 Å². The maximum atomic E-state index is 11.7. The van der Waals surface area contributed by atoms with Gasteiger partial charge in [0.2, 0.25) is 5.91 Å². The van der Waals surface area contributed by atoms with Crippen LogP contribution in [0.15, 0.2) is 23.8 Å². The van der Waals surface area contributed by atoms with Crippen LogP contribution >= 0.6 is 11.3 Å². The van der Waals surface area contributed by atoms with E-state index in [9.17, 15) is 4.79 Å². The molecule has 0 bridgehead atoms. The van der Waals surface area contributed by atoms with E-state index in [2.05, 4.69) is 31.9 Å². The maximum absolute atomic E-state index is 11.7. The van der Waals surface area contributed by atoms with Gasteiger partial charge in [-0.1, -0.05) is 6.07 Å². The minimum atomic E-state index is -0.123. The van der Waals surface area contributed by atoms with Crippen molar-refractivity contribution in [1.29, 1.82) is 0 Å². The molecule has 0 aliphatic carbocycles. The Balaban J connectivity index is 1.69. The van der Waals surface area contributed by atoms with Gasteiger partial charge in [-0.25, -0.2) is 4.98 Å². The number of thiophene rings is 1. The van der Waals surface area contributed by atoms with Crippen LogP contribution < -0.4 is 5.32 Å². The molecule has 0 spiro atoms. The fraction of sp³-hybridized carbons (Fsp3) is 0.417. The standard InChI is InChI=1S/C12H16N4OS/c1-9(12-13-8-14-16-12)15-11(17)6-2-4-10-5-3-7-18-10/h3,5,7-9H,2,4,6H2,1H3,(H,15,17)(H,13,14,16). The molecule has 1 amide bonds. The van der Waals surface area contributed by atoms with Crippen molar-refractivity contribution < 1.29 is 4.79 Å². The van der Waals surface area contributed by atoms with Gasteiger partial charge >= 0.3 is 0 Å². The van der Waals surface area contributed by atoms with Gasteiger partial charge in [0.1, 0.15) is 12.2 Å². The summed E-state index contributed by atoms with van der Waals surface area (Å²) in [4.78, 5) is 17.0. The zero-order valence-corrected chi connectivity index (χ0v) is 11.0. The van der Waals surface area contributed by atoms with E-state index in [0.29, 0.717) is 12.2 Å². The van der Waals surface area contributed by atoms with E-state index < -0.39 is 0 Å². The summed E-state index contributed by atoms with van der Waals surface area (Å²) in [6.45, 7) is 1.89. The van der Waals surface area contributed by atoms with Crippen LogP contribution in [0, 0.1) is 0 Å². The molecule has 0 aromatic carbocycles. The van der Waals surface area contributed by atoms with Gasteiger partial charge in [0.05, 0.1) is 6.04 Å². The van der Waals surface area contributed by atoms with Gasteiger partial charge in [-0.2, -0.15) is 5.10 Å². The van der Waals surface area contributed by atoms with Crippen LogP contribution in [0.1, 0.15) is 36.5 Å². The average molecular weight is 264 g/mol. The summed E-state index contributed by atoms with van der Waals surface area (Å²) in [6.07, 6.45) is 3.81. The molecule has 0 aliphatic rings. The number of hydrogen-bond acceptors (Lipinski definition) is 4. The lowest BCUT2D eigenvalue weighted by atomic mass is 10.2. The number of carbonyl (C=O) groups is 1. The van der Waals surface area contributed by atoms with Crippen molar-refractivity contribution >= 4 is 17.2 Å². The zero-order valence-electron chi connectivity index (χ0n) is 10.2. The molecule has 2 rings (SSSR count). The van der Waals surface area contributed by atoms with E-state index in [4.69, 9.17) is 0 Å². The predicted octanol–water partition coefficient (Wildman–Crippen LogP) is 2.07. The van der Waals surface area contributed by atoms with Gasteiger partial charge in [0.15, 0.2) is 0 Å². The third-order valence-electron chi connectivity index (χ3n) is 2.63. The van der Waals surface area contributed by atoms with Crippen molar-refractivity contribution in [2.75, 3.05) is 0 Å². The van der Waals surface area contributed by atoms with Crippen molar-refractivity contribution in [3.8, 4) is 0 Å². The van der Waals surface area contributed by atoms with Crippen molar-refractivity contribution in [2.24, 2.45) is 0 Å². The van der Waals surface area contributed by atoms with Crippen LogP contribution in [-0.2, 0) is 11.2 Å². The highest BCUT2D eigenvalue weighted by atomic mass is 32.1. The first-order chi connectivity index (χ1) is 8.75. The lowest BCUT2D eigenvalue weighted by molar-refractivity contribution is -0.121. The number of rotatable bonds is 6. The molecule has 0 saturated carbocycles. The number of amides is 1. The Morgan fingerprint density at radius 1 is 1.61 bits per heavy atom. The largest absolute Gasteiger partial charge is 0.346 e. The number of carbonyl (C=O) groups excluding carboxylic acids is 1. The quantitative estimate of drug-likeness (QED) is 0.839. The number of aromatic amines is 1. The lowest BCUT2D eigenvalue weighted by Crippen LogP contribution is -2.27. The molecule has 96 valence electrons. The average Bonchev–Trinajstić information content (AvgIpc) is 3.02. The molecule has 1 unspecified atom stereocenters. The van der Waals surface area contributed by atoms with Crippen LogP contribution in [0.2, 0.25) is 0 Å². The number of nitrogens with one attached hydrogen (secondary N) is 2. The van der Waals surface area contributed by atoms with Crippen molar-refractivity contribution in [3.63, 3.8) is 0 Å². The third kappa shape index (κ3) is 3.66. The van der Waals surface area contributed by atoms with Gasteiger partial charge in [0.25, 0.3) is 0 Å². The Morgan fingerprint density at radius 3 is 3.17 bits per heavy atom. The fourth-order valence-electron chi connectivity index (χ4n) is 1.68. The second-order valence-corrected chi connectivity index (χ2v) is 5.13. The van der Waals surface area contributed by atoms with Crippen molar-refractivity contribution in [2.45, 2.75) is 32.2 Å². The SMILES string of the molecule is CC(NC(=O)CCCc1cccs1)c1ncn[nH]1. The Kier molecular flexibility index (Phi) is 4.46. The number of H-pyrrole nitrogens is 1. The molecule has 6 heteroatoms. The minimum absolute atomic E-state index is 0.0513. The van der Waals surface area contributed by atoms with Gasteiger partial charge < -0.3 is 5.32 Å². The molecule has 0 fully saturated rings. The summed E-state index contributed by atoms with van der Waals surface area (Å²) in [5.41, 5.74) is 0. The minimum Gasteiger partial charge on any atom is -0.346 e. The molecule has 2 aromatic heterocycles. The van der Waals surface area contributed by atoms with E-state index in [1.165, 1.54) is 11.2 Å². The Bertz CT molecular complexity index is 466. The van der Waals surface area contributed by atoms with Crippen LogP contribution in [0.3, 0.4) is 0 Å². The second kappa shape index (κ2) is 6.30. The molecule has 0 aliphatic heterocycles. The molecule has 2 N–H and O–H groups in total. The summed E-state index contributed by atoms with van der Waals surface area (Å²) in [7, 11) is 0. The molecular formula is C12H16N4OS. The zero-order chi connectivity index (χ0) is 12.8. The highest BCUT2D eigenvalue weighted by Gasteiger charge is 2.11. The first-order valence-electron chi connectivity index (χ1n) is 5.92. The molecule has 5 nitrogen and oxygen atoms in total. The van der Waals surface area contributed by atoms with Gasteiger partial charge in [-0.15, -0.1) is 11.3 Å². The van der Waals surface area contributed by atoms with E-state index in [0.717, 1.165) is 12.8 Å². The van der Waals surface area contributed by atoms with Gasteiger partial charge in [-0.05, 0) is 31.2 Å². The molecule has 0 saturated heterocycles. The first-order valence-corrected chi connectivity index (χ1v) is 6.80. The number of hydrogen-bond donors (Lipinski definition) is 2. The second-order valence-electron chi connectivity index (χ2n) is 4.09. The van der Waals surface area contributed by atoms with Crippen LogP contribution in [0.4, 0.5) is 0 Å². The van der Waals surface area contributed by atoms with Crippen molar-refractivity contribution in [1.82, 2.24) is 20.5 Å². The highest BCUT2D eigenvalue weighted by Crippen LogP contribution is 2.12. The molecule has 2 heterocycles. The van der Waals surface area contributed by atoms with Gasteiger partial charge in [-0.3, -0.25) is 9.89 Å². The van der Waals surface area contributed by atoms with Crippen LogP contribution in [-0.4, -0.2) is 21.1 Å². The van der Waals surface area contributed by atoms with Crippen LogP contribution in [0.5, 0.6) is 0 Å². The summed E-state index contributed by atoms with van der Waals surface area (Å²) in [6, 6.07) is 4.01. The monoisotopic (exact) mass is 264 g/mol. The first kappa shape index (κ1) is 12.8. The normalized spacial score (nSPS) is 12.3. The molecule has 18 heavy (non-hydrogen) atoms. The molecule has 2 aromatic rings. The number of aromatic nitrogens is 3. The smallest absolute Gasteiger partial charge is 0.220 e. The molecule has 1 atom stereocenters. The lowest BCUT2D eigenvalue weighted by Gasteiger charge is -2.10. The number of aryl methyl sites for hydroxylation is 1. The van der Waals surface area contributed by atoms with Crippen molar-refractivity contribution in [3.05, 3.63) is 34.5 Å². The topological polar surface area (TPSA) is 70.7 Å². The molecule has 0 radical (unpaired) electrons. The van der Waals surface area contributed by atoms with Crippen LogP contribution in [0.25, 0.3) is 0 Å². The van der Waals surface area contributed by atoms with Gasteiger partial charge in [0, 0.05) is 11.3 Å². The van der Waals surface area contributed by atoms with E-state index in [-0.39, 0.29) is 11.9 Å². The Hall–Kier alpha value is -1.69. The maximum Gasteiger partial charge on any atom is 0.220 e. The Labute approximate surface area is 110 Å². The summed E-state index contributed by atoms with van der Waals surface area (Å²) < 4.78 is 0. The number of nitrogens with zero attached hydrogens (tertiary/aromatic N) is 2. The predicted molar refractivity (Wildman–Crippen MR) is 70.2 cm³/mol. The molecular weight excluding hydrogens is 248 g/mol. The third-order valence-corrected chi connectivity index (χ3v) is 3.56. The Morgan fingerprint density at radius 2 is 2.50 bits per heavy atom. The summed E-state index contributed by atoms with van der Waals surface area (Å²) >= 11 is 1.73. The summed E-state index contributed by atoms with van der Waals surface area (Å²) in [5.74, 6) is 0.733. The van der Waals surface area contributed by atoms with E-state index in [1.54, 1.807) is 11.3 Å². The highest BCUT2D eigenvalue weighted by molar-refractivity contribution is 7.09.